The second-order valence-electron chi connectivity index (χ2n) is 5.48. The second-order valence-corrected chi connectivity index (χ2v) is 7.19. The van der Waals surface area contributed by atoms with E-state index < -0.39 is 28.2 Å². The van der Waals surface area contributed by atoms with Crippen LogP contribution in [0.1, 0.15) is 25.7 Å². The van der Waals surface area contributed by atoms with Gasteiger partial charge in [0, 0.05) is 6.04 Å². The summed E-state index contributed by atoms with van der Waals surface area (Å²) >= 11 is 0. The fraction of sp³-hybridized carbons (Fsp3) is 0.571. The quantitative estimate of drug-likeness (QED) is 0.785. The Hall–Kier alpha value is -1.03. The van der Waals surface area contributed by atoms with Gasteiger partial charge in [-0.05, 0) is 43.5 Å². The second kappa shape index (κ2) is 8.89. The number of rotatable bonds is 6. The first-order chi connectivity index (χ1) is 10.8. The van der Waals surface area contributed by atoms with Crippen molar-refractivity contribution in [2.75, 3.05) is 6.54 Å². The van der Waals surface area contributed by atoms with Crippen LogP contribution in [0.5, 0.6) is 5.75 Å². The molecule has 24 heavy (non-hydrogen) atoms. The molecular weight excluding hydrogens is 369 g/mol. The lowest BCUT2D eigenvalue weighted by molar-refractivity contribution is -0.0522. The van der Waals surface area contributed by atoms with Crippen molar-refractivity contribution >= 4 is 22.4 Å². The molecule has 0 amide bonds. The number of nitrogens with one attached hydrogen (secondary N) is 1. The topological polar surface area (TPSA) is 81.4 Å². The van der Waals surface area contributed by atoms with Crippen LogP contribution in [0, 0.1) is 11.7 Å². The Balaban J connectivity index is 0.00000288. The largest absolute Gasteiger partial charge is 0.432 e. The van der Waals surface area contributed by atoms with Gasteiger partial charge in [-0.15, -0.1) is 12.4 Å². The molecule has 0 spiro atoms. The molecule has 0 bridgehead atoms. The molecule has 1 aliphatic rings. The first kappa shape index (κ1) is 21.0. The molecule has 0 aliphatic heterocycles. The van der Waals surface area contributed by atoms with Crippen molar-refractivity contribution in [1.82, 2.24) is 4.72 Å². The molecule has 0 saturated heterocycles. The van der Waals surface area contributed by atoms with E-state index in [1.807, 2.05) is 0 Å². The summed E-state index contributed by atoms with van der Waals surface area (Å²) in [7, 11) is -3.96. The first-order valence-electron chi connectivity index (χ1n) is 7.30. The molecule has 0 aromatic heterocycles. The Kier molecular flexibility index (Phi) is 7.78. The summed E-state index contributed by atoms with van der Waals surface area (Å²) in [5.41, 5.74) is 5.66. The molecule has 1 aromatic rings. The summed E-state index contributed by atoms with van der Waals surface area (Å²) < 4.78 is 69.1. The van der Waals surface area contributed by atoms with Gasteiger partial charge in [-0.3, -0.25) is 0 Å². The smallest absolute Gasteiger partial charge is 0.387 e. The monoisotopic (exact) mass is 388 g/mol. The normalized spacial score (nSPS) is 21.4. The third-order valence-corrected chi connectivity index (χ3v) is 5.44. The Bertz CT molecular complexity index is 646. The van der Waals surface area contributed by atoms with E-state index in [9.17, 15) is 21.6 Å². The SMILES string of the molecule is Cl.NCC1CCCCC1NS(=O)(=O)c1ccc(OC(F)F)c(F)c1. The van der Waals surface area contributed by atoms with Crippen molar-refractivity contribution in [1.29, 1.82) is 0 Å². The van der Waals surface area contributed by atoms with Crippen LogP contribution in [-0.4, -0.2) is 27.6 Å². The molecule has 138 valence electrons. The highest BCUT2D eigenvalue weighted by molar-refractivity contribution is 7.89. The molecule has 2 rings (SSSR count). The van der Waals surface area contributed by atoms with Crippen LogP contribution in [0.3, 0.4) is 0 Å². The molecule has 3 N–H and O–H groups in total. The number of hydrogen-bond donors (Lipinski definition) is 2. The van der Waals surface area contributed by atoms with E-state index in [0.717, 1.165) is 31.4 Å². The average molecular weight is 389 g/mol. The molecule has 10 heteroatoms. The molecule has 1 saturated carbocycles. The van der Waals surface area contributed by atoms with E-state index in [1.165, 1.54) is 0 Å². The van der Waals surface area contributed by atoms with Crippen LogP contribution in [0.2, 0.25) is 0 Å². The molecule has 2 unspecified atom stereocenters. The highest BCUT2D eigenvalue weighted by Gasteiger charge is 2.29. The highest BCUT2D eigenvalue weighted by Crippen LogP contribution is 2.27. The van der Waals surface area contributed by atoms with E-state index in [-0.39, 0.29) is 29.3 Å². The lowest BCUT2D eigenvalue weighted by Gasteiger charge is -2.31. The van der Waals surface area contributed by atoms with Crippen LogP contribution < -0.4 is 15.2 Å². The Morgan fingerprint density at radius 3 is 2.54 bits per heavy atom. The fourth-order valence-corrected chi connectivity index (χ4v) is 4.10. The predicted octanol–water partition coefficient (Wildman–Crippen LogP) is 2.64. The molecule has 1 aliphatic carbocycles. The van der Waals surface area contributed by atoms with Gasteiger partial charge in [0.2, 0.25) is 10.0 Å². The van der Waals surface area contributed by atoms with Gasteiger partial charge in [-0.2, -0.15) is 8.78 Å². The number of halogens is 4. The fourth-order valence-electron chi connectivity index (χ4n) is 2.75. The Morgan fingerprint density at radius 2 is 1.96 bits per heavy atom. The number of alkyl halides is 2. The molecule has 0 radical (unpaired) electrons. The lowest BCUT2D eigenvalue weighted by atomic mass is 9.85. The van der Waals surface area contributed by atoms with Gasteiger partial charge in [0.1, 0.15) is 0 Å². The first-order valence-corrected chi connectivity index (χ1v) is 8.78. The molecular formula is C14H20ClF3N2O3S. The van der Waals surface area contributed by atoms with E-state index in [1.54, 1.807) is 0 Å². The maximum atomic E-state index is 13.7. The third-order valence-electron chi connectivity index (χ3n) is 3.95. The van der Waals surface area contributed by atoms with Gasteiger partial charge in [0.25, 0.3) is 0 Å². The van der Waals surface area contributed by atoms with Crippen LogP contribution in [0.4, 0.5) is 13.2 Å². The zero-order valence-electron chi connectivity index (χ0n) is 12.8. The maximum absolute atomic E-state index is 13.7. The molecule has 1 aromatic carbocycles. The molecule has 1 fully saturated rings. The minimum absolute atomic E-state index is 0. The number of nitrogens with two attached hydrogens (primary N) is 1. The average Bonchev–Trinajstić information content (AvgIpc) is 2.49. The summed E-state index contributed by atoms with van der Waals surface area (Å²) in [6.45, 7) is -2.82. The van der Waals surface area contributed by atoms with E-state index in [4.69, 9.17) is 5.73 Å². The minimum atomic E-state index is -3.96. The van der Waals surface area contributed by atoms with Crippen LogP contribution in [0.15, 0.2) is 23.1 Å². The number of ether oxygens (including phenoxy) is 1. The lowest BCUT2D eigenvalue weighted by Crippen LogP contribution is -2.44. The van der Waals surface area contributed by atoms with E-state index in [2.05, 4.69) is 9.46 Å². The van der Waals surface area contributed by atoms with Gasteiger partial charge in [-0.25, -0.2) is 17.5 Å². The molecule has 2 atom stereocenters. The van der Waals surface area contributed by atoms with E-state index >= 15 is 0 Å². The van der Waals surface area contributed by atoms with Crippen molar-refractivity contribution < 1.29 is 26.3 Å². The summed E-state index contributed by atoms with van der Waals surface area (Å²) in [5.74, 6) is -1.83. The van der Waals surface area contributed by atoms with Crippen molar-refractivity contribution in [3.05, 3.63) is 24.0 Å². The zero-order valence-corrected chi connectivity index (χ0v) is 14.4. The van der Waals surface area contributed by atoms with Crippen LogP contribution in [-0.2, 0) is 10.0 Å². The molecule has 5 nitrogen and oxygen atoms in total. The van der Waals surface area contributed by atoms with Crippen molar-refractivity contribution in [2.45, 2.75) is 43.2 Å². The maximum Gasteiger partial charge on any atom is 0.387 e. The van der Waals surface area contributed by atoms with Gasteiger partial charge in [0.15, 0.2) is 11.6 Å². The number of sulfonamides is 1. The van der Waals surface area contributed by atoms with Crippen LogP contribution in [0.25, 0.3) is 0 Å². The highest BCUT2D eigenvalue weighted by atomic mass is 35.5. The molecule has 0 heterocycles. The van der Waals surface area contributed by atoms with Gasteiger partial charge < -0.3 is 10.5 Å². The van der Waals surface area contributed by atoms with E-state index in [0.29, 0.717) is 19.0 Å². The van der Waals surface area contributed by atoms with Gasteiger partial charge >= 0.3 is 6.61 Å². The summed E-state index contributed by atoms with van der Waals surface area (Å²) in [6.07, 6.45) is 3.38. The minimum Gasteiger partial charge on any atom is -0.432 e. The Labute approximate surface area is 145 Å². The predicted molar refractivity (Wildman–Crippen MR) is 85.4 cm³/mol. The summed E-state index contributed by atoms with van der Waals surface area (Å²) in [6, 6.07) is 2.26. The standard InChI is InChI=1S/C14H19F3N2O3S.ClH/c15-11-7-10(5-6-13(11)22-14(16)17)23(20,21)19-12-4-2-1-3-9(12)8-18;/h5-7,9,12,14,19H,1-4,8,18H2;1H. The number of benzene rings is 1. The van der Waals surface area contributed by atoms with Gasteiger partial charge in [0.05, 0.1) is 4.90 Å². The summed E-state index contributed by atoms with van der Waals surface area (Å²) in [5, 5.41) is 0. The van der Waals surface area contributed by atoms with Crippen LogP contribution >= 0.6 is 12.4 Å². The van der Waals surface area contributed by atoms with Crippen molar-refractivity contribution in [2.24, 2.45) is 11.7 Å². The summed E-state index contributed by atoms with van der Waals surface area (Å²) in [4.78, 5) is -0.335. The van der Waals surface area contributed by atoms with Crippen molar-refractivity contribution in [3.8, 4) is 5.75 Å². The van der Waals surface area contributed by atoms with Crippen molar-refractivity contribution in [3.63, 3.8) is 0 Å². The zero-order chi connectivity index (χ0) is 17.0. The Morgan fingerprint density at radius 1 is 1.29 bits per heavy atom. The van der Waals surface area contributed by atoms with Gasteiger partial charge in [-0.1, -0.05) is 12.8 Å². The number of hydrogen-bond acceptors (Lipinski definition) is 4. The third kappa shape index (κ3) is 5.23.